The lowest BCUT2D eigenvalue weighted by Gasteiger charge is -2.14. The van der Waals surface area contributed by atoms with E-state index < -0.39 is 0 Å². The van der Waals surface area contributed by atoms with Crippen LogP contribution in [0.15, 0.2) is 11.6 Å². The summed E-state index contributed by atoms with van der Waals surface area (Å²) in [7, 11) is 1.65. The number of methoxy groups -OCH3 is 1. The van der Waals surface area contributed by atoms with Crippen molar-refractivity contribution < 1.29 is 9.53 Å². The van der Waals surface area contributed by atoms with Crippen LogP contribution in [0.5, 0.6) is 0 Å². The van der Waals surface area contributed by atoms with E-state index in [0.29, 0.717) is 13.1 Å². The van der Waals surface area contributed by atoms with Crippen molar-refractivity contribution in [2.24, 2.45) is 0 Å². The molecule has 1 saturated heterocycles. The third-order valence-electron chi connectivity index (χ3n) is 2.00. The van der Waals surface area contributed by atoms with Crippen molar-refractivity contribution in [2.45, 2.75) is 12.5 Å². The summed E-state index contributed by atoms with van der Waals surface area (Å²) in [6.07, 6.45) is 1.04. The Bertz CT molecular complexity index is 205. The fraction of sp³-hybridized carbons (Fsp3) is 0.625. The normalized spacial score (nSPS) is 22.8. The first-order valence-electron chi connectivity index (χ1n) is 3.81. The van der Waals surface area contributed by atoms with Crippen LogP contribution in [0.25, 0.3) is 0 Å². The third kappa shape index (κ3) is 1.99. The second-order valence-corrected chi connectivity index (χ2v) is 3.26. The lowest BCUT2D eigenvalue weighted by molar-refractivity contribution is -0.125. The Morgan fingerprint density at radius 1 is 1.75 bits per heavy atom. The summed E-state index contributed by atoms with van der Waals surface area (Å²) in [5, 5.41) is 0.0757. The highest BCUT2D eigenvalue weighted by atomic mass is 35.5. The van der Waals surface area contributed by atoms with Crippen molar-refractivity contribution in [3.05, 3.63) is 11.6 Å². The molecule has 0 spiro atoms. The smallest absolute Gasteiger partial charge is 0.264 e. The summed E-state index contributed by atoms with van der Waals surface area (Å²) in [6.45, 7) is 4.72. The molecule has 1 heterocycles. The Morgan fingerprint density at radius 2 is 2.42 bits per heavy atom. The minimum Gasteiger partial charge on any atom is -0.380 e. The molecule has 4 heteroatoms. The van der Waals surface area contributed by atoms with E-state index in [9.17, 15) is 4.79 Å². The van der Waals surface area contributed by atoms with Crippen molar-refractivity contribution in [1.82, 2.24) is 4.90 Å². The molecule has 68 valence electrons. The molecule has 1 aliphatic rings. The number of likely N-dealkylation sites (tertiary alicyclic amines) is 1. The van der Waals surface area contributed by atoms with Crippen LogP contribution in [-0.2, 0) is 9.53 Å². The highest BCUT2D eigenvalue weighted by Gasteiger charge is 2.26. The van der Waals surface area contributed by atoms with E-state index in [-0.39, 0.29) is 17.0 Å². The molecule has 0 bridgehead atoms. The van der Waals surface area contributed by atoms with Gasteiger partial charge in [-0.05, 0) is 6.42 Å². The lowest BCUT2D eigenvalue weighted by Crippen LogP contribution is -2.29. The van der Waals surface area contributed by atoms with Gasteiger partial charge in [0.05, 0.1) is 11.1 Å². The number of halogens is 1. The van der Waals surface area contributed by atoms with Gasteiger partial charge in [-0.3, -0.25) is 4.79 Å². The van der Waals surface area contributed by atoms with Crippen LogP contribution in [0.1, 0.15) is 6.42 Å². The van der Waals surface area contributed by atoms with Crippen LogP contribution in [0.2, 0.25) is 0 Å². The van der Waals surface area contributed by atoms with Gasteiger partial charge in [0.1, 0.15) is 0 Å². The zero-order chi connectivity index (χ0) is 9.14. The van der Waals surface area contributed by atoms with Crippen LogP contribution in [-0.4, -0.2) is 37.1 Å². The maximum Gasteiger partial charge on any atom is 0.264 e. The fourth-order valence-electron chi connectivity index (χ4n) is 1.28. The molecule has 3 nitrogen and oxygen atoms in total. The largest absolute Gasteiger partial charge is 0.380 e. The number of ether oxygens (including phenoxy) is 1. The minimum atomic E-state index is -0.184. The molecular weight excluding hydrogens is 178 g/mol. The Hall–Kier alpha value is -0.540. The summed E-state index contributed by atoms with van der Waals surface area (Å²) in [6, 6.07) is 0. The Labute approximate surface area is 76.9 Å². The first-order chi connectivity index (χ1) is 5.65. The molecule has 0 N–H and O–H groups in total. The summed E-state index contributed by atoms with van der Waals surface area (Å²) in [5.41, 5.74) is 0. The molecule has 0 aromatic rings. The van der Waals surface area contributed by atoms with E-state index in [0.717, 1.165) is 6.42 Å². The Balaban J connectivity index is 2.46. The van der Waals surface area contributed by atoms with E-state index in [1.807, 2.05) is 0 Å². The number of hydrogen-bond acceptors (Lipinski definition) is 2. The summed E-state index contributed by atoms with van der Waals surface area (Å²) < 4.78 is 5.10. The van der Waals surface area contributed by atoms with Crippen molar-refractivity contribution in [3.8, 4) is 0 Å². The number of nitrogens with zero attached hydrogens (tertiary/aromatic N) is 1. The van der Waals surface area contributed by atoms with Crippen LogP contribution >= 0.6 is 11.6 Å². The topological polar surface area (TPSA) is 29.5 Å². The van der Waals surface area contributed by atoms with Crippen LogP contribution in [0.4, 0.5) is 0 Å². The molecular formula is C8H12ClNO2. The van der Waals surface area contributed by atoms with Crippen LogP contribution in [0, 0.1) is 0 Å². The number of amides is 1. The second kappa shape index (κ2) is 3.92. The molecule has 12 heavy (non-hydrogen) atoms. The number of carbonyl (C=O) groups excluding carboxylic acids is 1. The third-order valence-corrected chi connectivity index (χ3v) is 2.16. The molecule has 1 unspecified atom stereocenters. The van der Waals surface area contributed by atoms with Gasteiger partial charge in [-0.2, -0.15) is 0 Å². The quantitative estimate of drug-likeness (QED) is 0.607. The molecule has 0 aromatic heterocycles. The number of rotatable bonds is 2. The average Bonchev–Trinajstić information content (AvgIpc) is 2.50. The van der Waals surface area contributed by atoms with Gasteiger partial charge >= 0.3 is 0 Å². The molecule has 1 fully saturated rings. The van der Waals surface area contributed by atoms with Crippen LogP contribution in [0.3, 0.4) is 0 Å². The van der Waals surface area contributed by atoms with E-state index in [4.69, 9.17) is 16.3 Å². The van der Waals surface area contributed by atoms with Gasteiger partial charge in [0, 0.05) is 20.2 Å². The summed E-state index contributed by atoms with van der Waals surface area (Å²) >= 11 is 5.47. The summed E-state index contributed by atoms with van der Waals surface area (Å²) in [5.74, 6) is -0.184. The first-order valence-corrected chi connectivity index (χ1v) is 4.19. The highest BCUT2D eigenvalue weighted by Crippen LogP contribution is 2.15. The van der Waals surface area contributed by atoms with Crippen molar-refractivity contribution >= 4 is 17.5 Å². The highest BCUT2D eigenvalue weighted by molar-refractivity contribution is 6.41. The molecule has 1 amide bonds. The maximum atomic E-state index is 11.2. The van der Waals surface area contributed by atoms with Gasteiger partial charge in [0.15, 0.2) is 0 Å². The van der Waals surface area contributed by atoms with E-state index in [1.165, 1.54) is 0 Å². The van der Waals surface area contributed by atoms with E-state index in [2.05, 4.69) is 6.58 Å². The van der Waals surface area contributed by atoms with E-state index >= 15 is 0 Å². The molecule has 0 radical (unpaired) electrons. The van der Waals surface area contributed by atoms with Gasteiger partial charge in [-0.15, -0.1) is 0 Å². The van der Waals surface area contributed by atoms with Crippen molar-refractivity contribution in [3.63, 3.8) is 0 Å². The van der Waals surface area contributed by atoms with Crippen LogP contribution < -0.4 is 0 Å². The zero-order valence-electron chi connectivity index (χ0n) is 7.05. The standard InChI is InChI=1S/C8H12ClNO2/c1-6(9)8(11)10-4-3-7(5-10)12-2/h7H,1,3-5H2,2H3. The molecule has 0 aliphatic carbocycles. The van der Waals surface area contributed by atoms with Gasteiger partial charge in [-0.25, -0.2) is 0 Å². The predicted octanol–water partition coefficient (Wildman–Crippen LogP) is 0.986. The first kappa shape index (κ1) is 9.55. The fourth-order valence-corrected chi connectivity index (χ4v) is 1.40. The Kier molecular flexibility index (Phi) is 3.12. The monoisotopic (exact) mass is 189 g/mol. The number of hydrogen-bond donors (Lipinski definition) is 0. The SMILES string of the molecule is C=C(Cl)C(=O)N1CCC(OC)C1. The molecule has 1 aliphatic heterocycles. The van der Waals surface area contributed by atoms with Gasteiger partial charge in [0.2, 0.25) is 0 Å². The molecule has 0 saturated carbocycles. The lowest BCUT2D eigenvalue weighted by atomic mass is 10.3. The van der Waals surface area contributed by atoms with Gasteiger partial charge in [-0.1, -0.05) is 18.2 Å². The van der Waals surface area contributed by atoms with Gasteiger partial charge < -0.3 is 9.64 Å². The Morgan fingerprint density at radius 3 is 2.83 bits per heavy atom. The molecule has 0 aromatic carbocycles. The second-order valence-electron chi connectivity index (χ2n) is 2.80. The number of carbonyl (C=O) groups is 1. The van der Waals surface area contributed by atoms with E-state index in [1.54, 1.807) is 12.0 Å². The minimum absolute atomic E-state index is 0.0757. The van der Waals surface area contributed by atoms with Crippen molar-refractivity contribution in [1.29, 1.82) is 0 Å². The molecule has 1 rings (SSSR count). The summed E-state index contributed by atoms with van der Waals surface area (Å²) in [4.78, 5) is 12.9. The predicted molar refractivity (Wildman–Crippen MR) is 47.0 cm³/mol. The van der Waals surface area contributed by atoms with Gasteiger partial charge in [0.25, 0.3) is 5.91 Å². The average molecular weight is 190 g/mol. The van der Waals surface area contributed by atoms with Crippen molar-refractivity contribution in [2.75, 3.05) is 20.2 Å². The molecule has 1 atom stereocenters. The zero-order valence-corrected chi connectivity index (χ0v) is 7.80. The maximum absolute atomic E-state index is 11.2.